The Kier molecular flexibility index (Phi) is 3.14. The van der Waals surface area contributed by atoms with Gasteiger partial charge in [0.2, 0.25) is 0 Å². The van der Waals surface area contributed by atoms with Crippen LogP contribution in [0.2, 0.25) is 5.02 Å². The van der Waals surface area contributed by atoms with Crippen LogP contribution in [0.3, 0.4) is 0 Å². The fraction of sp³-hybridized carbons (Fsp3) is 0.143. The maximum absolute atomic E-state index is 12.8. The summed E-state index contributed by atoms with van der Waals surface area (Å²) in [5, 5.41) is 17.4. The Morgan fingerprint density at radius 3 is 2.54 bits per heavy atom. The van der Waals surface area contributed by atoms with Crippen molar-refractivity contribution in [3.63, 3.8) is 0 Å². The average Bonchev–Trinajstić information content (AvgIpc) is 2.08. The minimum atomic E-state index is -1.85. The monoisotopic (exact) mass is 204 g/mol. The van der Waals surface area contributed by atoms with E-state index >= 15 is 0 Å². The van der Waals surface area contributed by atoms with Gasteiger partial charge in [-0.25, -0.2) is 4.39 Å². The standard InChI is InChI=1S/C7H7BClFO3/c1-13-5-3-2-4(10)7(9)6(5)8(11)12/h2-3,11-12H,1H3. The molecule has 0 aliphatic carbocycles. The predicted octanol–water partition coefficient (Wildman–Crippen LogP) is 0.168. The van der Waals surface area contributed by atoms with Gasteiger partial charge >= 0.3 is 7.12 Å². The number of ether oxygens (including phenoxy) is 1. The van der Waals surface area contributed by atoms with Crippen LogP contribution < -0.4 is 10.2 Å². The first kappa shape index (κ1) is 10.3. The molecular weight excluding hydrogens is 197 g/mol. The van der Waals surface area contributed by atoms with Crippen LogP contribution in [0.1, 0.15) is 0 Å². The molecule has 1 aromatic rings. The first-order valence-corrected chi connectivity index (χ1v) is 3.83. The molecule has 70 valence electrons. The molecule has 0 fully saturated rings. The van der Waals surface area contributed by atoms with Gasteiger partial charge in [0, 0.05) is 5.46 Å². The van der Waals surface area contributed by atoms with Crippen molar-refractivity contribution in [2.24, 2.45) is 0 Å². The minimum absolute atomic E-state index is 0.140. The van der Waals surface area contributed by atoms with E-state index in [4.69, 9.17) is 26.4 Å². The van der Waals surface area contributed by atoms with Crippen LogP contribution in [0.4, 0.5) is 4.39 Å². The molecule has 0 spiro atoms. The fourth-order valence-corrected chi connectivity index (χ4v) is 1.22. The van der Waals surface area contributed by atoms with Crippen LogP contribution in [-0.4, -0.2) is 24.3 Å². The van der Waals surface area contributed by atoms with Gasteiger partial charge in [-0.05, 0) is 12.1 Å². The molecular formula is C7H7BClFO3. The topological polar surface area (TPSA) is 49.7 Å². The Hall–Kier alpha value is -0.775. The Balaban J connectivity index is 3.32. The summed E-state index contributed by atoms with van der Waals surface area (Å²) >= 11 is 5.50. The van der Waals surface area contributed by atoms with Crippen molar-refractivity contribution in [3.05, 3.63) is 23.0 Å². The van der Waals surface area contributed by atoms with Crippen molar-refractivity contribution in [1.82, 2.24) is 0 Å². The number of benzene rings is 1. The summed E-state index contributed by atoms with van der Waals surface area (Å²) in [6.45, 7) is 0. The highest BCUT2D eigenvalue weighted by Gasteiger charge is 2.23. The van der Waals surface area contributed by atoms with Crippen LogP contribution in [-0.2, 0) is 0 Å². The third-order valence-corrected chi connectivity index (χ3v) is 1.95. The highest BCUT2D eigenvalue weighted by molar-refractivity contribution is 6.63. The second-order valence-electron chi connectivity index (χ2n) is 2.35. The second kappa shape index (κ2) is 3.96. The Morgan fingerprint density at radius 2 is 2.08 bits per heavy atom. The maximum atomic E-state index is 12.8. The zero-order chi connectivity index (χ0) is 10.0. The number of methoxy groups -OCH3 is 1. The number of halogens is 2. The molecule has 0 atom stereocenters. The molecule has 0 radical (unpaired) electrons. The van der Waals surface area contributed by atoms with Crippen molar-refractivity contribution in [1.29, 1.82) is 0 Å². The first-order valence-electron chi connectivity index (χ1n) is 3.46. The van der Waals surface area contributed by atoms with E-state index < -0.39 is 12.9 Å². The third-order valence-electron chi connectivity index (χ3n) is 1.57. The van der Waals surface area contributed by atoms with Crippen molar-refractivity contribution in [3.8, 4) is 5.75 Å². The van der Waals surface area contributed by atoms with E-state index in [0.29, 0.717) is 0 Å². The van der Waals surface area contributed by atoms with Gasteiger partial charge in [0.15, 0.2) is 0 Å². The summed E-state index contributed by atoms with van der Waals surface area (Å²) in [6, 6.07) is 2.36. The molecule has 0 saturated heterocycles. The average molecular weight is 204 g/mol. The third kappa shape index (κ3) is 1.93. The molecule has 3 nitrogen and oxygen atoms in total. The molecule has 0 amide bonds. The number of hydrogen-bond acceptors (Lipinski definition) is 3. The van der Waals surface area contributed by atoms with Crippen molar-refractivity contribution in [2.75, 3.05) is 7.11 Å². The lowest BCUT2D eigenvalue weighted by molar-refractivity contribution is 0.402. The van der Waals surface area contributed by atoms with E-state index in [0.717, 1.165) is 6.07 Å². The van der Waals surface area contributed by atoms with E-state index in [1.807, 2.05) is 0 Å². The van der Waals surface area contributed by atoms with Gasteiger partial charge < -0.3 is 14.8 Å². The molecule has 6 heteroatoms. The molecule has 0 bridgehead atoms. The van der Waals surface area contributed by atoms with Crippen LogP contribution in [0.25, 0.3) is 0 Å². The van der Waals surface area contributed by atoms with Gasteiger partial charge in [0.1, 0.15) is 11.6 Å². The normalized spacial score (nSPS) is 9.92. The van der Waals surface area contributed by atoms with Gasteiger partial charge in [-0.1, -0.05) is 11.6 Å². The Morgan fingerprint density at radius 1 is 1.46 bits per heavy atom. The van der Waals surface area contributed by atoms with E-state index in [1.165, 1.54) is 13.2 Å². The van der Waals surface area contributed by atoms with Gasteiger partial charge in [0.05, 0.1) is 12.1 Å². The zero-order valence-electron chi connectivity index (χ0n) is 6.79. The molecule has 0 aliphatic heterocycles. The van der Waals surface area contributed by atoms with E-state index in [9.17, 15) is 4.39 Å². The molecule has 13 heavy (non-hydrogen) atoms. The zero-order valence-corrected chi connectivity index (χ0v) is 7.55. The largest absolute Gasteiger partial charge is 0.497 e. The highest BCUT2D eigenvalue weighted by Crippen LogP contribution is 2.18. The Labute approximate surface area is 79.9 Å². The van der Waals surface area contributed by atoms with Gasteiger partial charge in [-0.15, -0.1) is 0 Å². The van der Waals surface area contributed by atoms with Crippen LogP contribution >= 0.6 is 11.6 Å². The van der Waals surface area contributed by atoms with E-state index in [1.54, 1.807) is 0 Å². The van der Waals surface area contributed by atoms with Crippen molar-refractivity contribution < 1.29 is 19.2 Å². The minimum Gasteiger partial charge on any atom is -0.497 e. The van der Waals surface area contributed by atoms with E-state index in [-0.39, 0.29) is 16.2 Å². The molecule has 1 rings (SSSR count). The Bertz CT molecular complexity index is 319. The first-order chi connectivity index (χ1) is 6.07. The molecule has 0 unspecified atom stereocenters. The highest BCUT2D eigenvalue weighted by atomic mass is 35.5. The van der Waals surface area contributed by atoms with Crippen molar-refractivity contribution >= 4 is 24.2 Å². The quantitative estimate of drug-likeness (QED) is 0.675. The summed E-state index contributed by atoms with van der Waals surface area (Å²) in [6.07, 6.45) is 0. The molecule has 0 aliphatic rings. The molecule has 2 N–H and O–H groups in total. The number of rotatable bonds is 2. The van der Waals surface area contributed by atoms with E-state index in [2.05, 4.69) is 0 Å². The van der Waals surface area contributed by atoms with Gasteiger partial charge in [-0.2, -0.15) is 0 Å². The van der Waals surface area contributed by atoms with Crippen LogP contribution in [0, 0.1) is 5.82 Å². The summed E-state index contributed by atoms with van der Waals surface area (Å²) in [4.78, 5) is 0. The van der Waals surface area contributed by atoms with Crippen LogP contribution in [0.5, 0.6) is 5.75 Å². The lowest BCUT2D eigenvalue weighted by atomic mass is 9.79. The summed E-state index contributed by atoms with van der Waals surface area (Å²) in [5.74, 6) is -0.577. The second-order valence-corrected chi connectivity index (χ2v) is 2.73. The maximum Gasteiger partial charge on any atom is 0.493 e. The fourth-order valence-electron chi connectivity index (χ4n) is 0.967. The molecule has 0 aromatic heterocycles. The van der Waals surface area contributed by atoms with Crippen LogP contribution in [0.15, 0.2) is 12.1 Å². The summed E-state index contributed by atoms with van der Waals surface area (Å²) in [7, 11) is -0.520. The summed E-state index contributed by atoms with van der Waals surface area (Å²) < 4.78 is 17.6. The lowest BCUT2D eigenvalue weighted by Crippen LogP contribution is -2.32. The molecule has 0 heterocycles. The van der Waals surface area contributed by atoms with Gasteiger partial charge in [0.25, 0.3) is 0 Å². The van der Waals surface area contributed by atoms with Crippen molar-refractivity contribution in [2.45, 2.75) is 0 Å². The molecule has 0 saturated carbocycles. The van der Waals surface area contributed by atoms with Gasteiger partial charge in [-0.3, -0.25) is 0 Å². The lowest BCUT2D eigenvalue weighted by Gasteiger charge is -2.09. The number of hydrogen-bond donors (Lipinski definition) is 2. The molecule has 1 aromatic carbocycles. The SMILES string of the molecule is COc1ccc(F)c(Cl)c1B(O)O. The predicted molar refractivity (Wildman–Crippen MR) is 47.8 cm³/mol. The smallest absolute Gasteiger partial charge is 0.493 e. The summed E-state index contributed by atoms with van der Waals surface area (Å²) in [5.41, 5.74) is -0.163.